The van der Waals surface area contributed by atoms with Crippen LogP contribution in [-0.2, 0) is 0 Å². The van der Waals surface area contributed by atoms with Crippen LogP contribution in [-0.4, -0.2) is 42.7 Å². The zero-order valence-corrected chi connectivity index (χ0v) is 12.8. The Hall–Kier alpha value is -1.55. The van der Waals surface area contributed by atoms with Gasteiger partial charge in [-0.3, -0.25) is 0 Å². The van der Waals surface area contributed by atoms with Gasteiger partial charge >= 0.3 is 5.97 Å². The number of carboxylic acids is 1. The number of carbonyl (C=O) groups is 1. The molecule has 0 atom stereocenters. The fourth-order valence-electron chi connectivity index (χ4n) is 2.11. The molecule has 112 valence electrons. The van der Waals surface area contributed by atoms with Gasteiger partial charge in [-0.1, -0.05) is 20.8 Å². The van der Waals surface area contributed by atoms with E-state index in [4.69, 9.17) is 9.84 Å². The Morgan fingerprint density at radius 1 is 1.25 bits per heavy atom. The maximum atomic E-state index is 10.7. The molecule has 0 saturated carbocycles. The van der Waals surface area contributed by atoms with E-state index in [0.717, 1.165) is 19.5 Å². The van der Waals surface area contributed by atoms with Crippen LogP contribution in [0.5, 0.6) is 5.75 Å². The number of aromatic carboxylic acids is 1. The Labute approximate surface area is 121 Å². The molecule has 0 aliphatic carbocycles. The fraction of sp³-hybridized carbons (Fsp3) is 0.562. The minimum Gasteiger partial charge on any atom is -0.494 e. The van der Waals surface area contributed by atoms with Crippen LogP contribution in [0.15, 0.2) is 24.3 Å². The molecule has 0 saturated heterocycles. The first-order valence-electron chi connectivity index (χ1n) is 6.93. The predicted molar refractivity (Wildman–Crippen MR) is 80.5 cm³/mol. The average Bonchev–Trinajstić information content (AvgIpc) is 2.33. The second-order valence-corrected chi connectivity index (χ2v) is 6.33. The van der Waals surface area contributed by atoms with Crippen molar-refractivity contribution in [2.45, 2.75) is 27.2 Å². The first kappa shape index (κ1) is 16.5. The van der Waals surface area contributed by atoms with Crippen LogP contribution in [0.25, 0.3) is 0 Å². The van der Waals surface area contributed by atoms with Crippen molar-refractivity contribution in [1.29, 1.82) is 0 Å². The standard InChI is InChI=1S/C16H25NO3/c1-16(2,3)12-17(4)10-5-11-20-14-8-6-13(7-9-14)15(18)19/h6-9H,5,10-12H2,1-4H3,(H,18,19). The Morgan fingerprint density at radius 3 is 2.35 bits per heavy atom. The van der Waals surface area contributed by atoms with Crippen molar-refractivity contribution < 1.29 is 14.6 Å². The van der Waals surface area contributed by atoms with Gasteiger partial charge in [-0.05, 0) is 43.1 Å². The molecular weight excluding hydrogens is 254 g/mol. The number of nitrogens with zero attached hydrogens (tertiary/aromatic N) is 1. The molecule has 0 heterocycles. The van der Waals surface area contributed by atoms with Gasteiger partial charge in [-0.2, -0.15) is 0 Å². The van der Waals surface area contributed by atoms with Crippen molar-refractivity contribution in [3.05, 3.63) is 29.8 Å². The number of hydrogen-bond donors (Lipinski definition) is 1. The number of hydrogen-bond acceptors (Lipinski definition) is 3. The van der Waals surface area contributed by atoms with Crippen molar-refractivity contribution >= 4 is 5.97 Å². The fourth-order valence-corrected chi connectivity index (χ4v) is 2.11. The number of ether oxygens (including phenoxy) is 1. The molecule has 0 aromatic heterocycles. The second kappa shape index (κ2) is 7.29. The molecular formula is C16H25NO3. The van der Waals surface area contributed by atoms with E-state index in [-0.39, 0.29) is 5.56 Å². The molecule has 20 heavy (non-hydrogen) atoms. The van der Waals surface area contributed by atoms with E-state index >= 15 is 0 Å². The van der Waals surface area contributed by atoms with Crippen LogP contribution in [0.2, 0.25) is 0 Å². The summed E-state index contributed by atoms with van der Waals surface area (Å²) in [6.45, 7) is 9.36. The topological polar surface area (TPSA) is 49.8 Å². The van der Waals surface area contributed by atoms with Crippen LogP contribution in [0.3, 0.4) is 0 Å². The minimum absolute atomic E-state index is 0.280. The lowest BCUT2D eigenvalue weighted by molar-refractivity contribution is 0.0697. The Morgan fingerprint density at radius 2 is 1.85 bits per heavy atom. The van der Waals surface area contributed by atoms with Gasteiger partial charge in [0.15, 0.2) is 0 Å². The molecule has 0 bridgehead atoms. The van der Waals surface area contributed by atoms with Crippen molar-refractivity contribution in [2.75, 3.05) is 26.7 Å². The summed E-state index contributed by atoms with van der Waals surface area (Å²) >= 11 is 0. The van der Waals surface area contributed by atoms with Gasteiger partial charge in [-0.15, -0.1) is 0 Å². The minimum atomic E-state index is -0.916. The molecule has 0 aliphatic rings. The lowest BCUT2D eigenvalue weighted by Crippen LogP contribution is -2.30. The van der Waals surface area contributed by atoms with Crippen LogP contribution < -0.4 is 4.74 Å². The number of benzene rings is 1. The van der Waals surface area contributed by atoms with Gasteiger partial charge in [0.2, 0.25) is 0 Å². The van der Waals surface area contributed by atoms with Crippen molar-refractivity contribution in [3.63, 3.8) is 0 Å². The summed E-state index contributed by atoms with van der Waals surface area (Å²) in [6.07, 6.45) is 0.952. The third-order valence-corrected chi connectivity index (χ3v) is 2.80. The molecule has 1 rings (SSSR count). The molecule has 1 N–H and O–H groups in total. The molecule has 0 radical (unpaired) electrons. The van der Waals surface area contributed by atoms with Crippen molar-refractivity contribution in [1.82, 2.24) is 4.90 Å². The highest BCUT2D eigenvalue weighted by atomic mass is 16.5. The normalized spacial score (nSPS) is 11.7. The van der Waals surface area contributed by atoms with Crippen molar-refractivity contribution in [3.8, 4) is 5.75 Å². The second-order valence-electron chi connectivity index (χ2n) is 6.33. The van der Waals surface area contributed by atoms with Gasteiger partial charge in [0, 0.05) is 13.1 Å². The third kappa shape index (κ3) is 6.57. The number of rotatable bonds is 7. The summed E-state index contributed by atoms with van der Waals surface area (Å²) in [7, 11) is 2.12. The van der Waals surface area contributed by atoms with E-state index in [1.807, 2.05) is 0 Å². The molecule has 1 aromatic rings. The number of carboxylic acid groups (broad SMARTS) is 1. The zero-order valence-electron chi connectivity index (χ0n) is 12.8. The third-order valence-electron chi connectivity index (χ3n) is 2.80. The summed E-state index contributed by atoms with van der Waals surface area (Å²) in [5.41, 5.74) is 0.588. The monoisotopic (exact) mass is 279 g/mol. The van der Waals surface area contributed by atoms with Gasteiger partial charge in [0.1, 0.15) is 5.75 Å². The van der Waals surface area contributed by atoms with Crippen molar-refractivity contribution in [2.24, 2.45) is 5.41 Å². The van der Waals surface area contributed by atoms with E-state index in [0.29, 0.717) is 17.8 Å². The molecule has 0 spiro atoms. The molecule has 0 unspecified atom stereocenters. The highest BCUT2D eigenvalue weighted by molar-refractivity contribution is 5.87. The summed E-state index contributed by atoms with van der Waals surface area (Å²) in [6, 6.07) is 6.51. The van der Waals surface area contributed by atoms with E-state index in [1.54, 1.807) is 24.3 Å². The highest BCUT2D eigenvalue weighted by Gasteiger charge is 2.12. The first-order chi connectivity index (χ1) is 9.28. The Bertz CT molecular complexity index is 420. The summed E-state index contributed by atoms with van der Waals surface area (Å²) in [4.78, 5) is 13.0. The lowest BCUT2D eigenvalue weighted by Gasteiger charge is -2.26. The van der Waals surface area contributed by atoms with Crippen LogP contribution >= 0.6 is 0 Å². The molecule has 4 nitrogen and oxygen atoms in total. The zero-order chi connectivity index (χ0) is 15.2. The van der Waals surface area contributed by atoms with Crippen LogP contribution in [0.1, 0.15) is 37.6 Å². The smallest absolute Gasteiger partial charge is 0.335 e. The van der Waals surface area contributed by atoms with Crippen LogP contribution in [0.4, 0.5) is 0 Å². The molecule has 4 heteroatoms. The Kier molecular flexibility index (Phi) is 6.02. The maximum Gasteiger partial charge on any atom is 0.335 e. The Balaban J connectivity index is 2.26. The highest BCUT2D eigenvalue weighted by Crippen LogP contribution is 2.15. The quantitative estimate of drug-likeness (QED) is 0.779. The predicted octanol–water partition coefficient (Wildman–Crippen LogP) is 3.13. The van der Waals surface area contributed by atoms with Gasteiger partial charge in [0.25, 0.3) is 0 Å². The van der Waals surface area contributed by atoms with E-state index in [9.17, 15) is 4.79 Å². The largest absolute Gasteiger partial charge is 0.494 e. The van der Waals surface area contributed by atoms with E-state index < -0.39 is 5.97 Å². The van der Waals surface area contributed by atoms with Gasteiger partial charge < -0.3 is 14.7 Å². The van der Waals surface area contributed by atoms with E-state index in [2.05, 4.69) is 32.7 Å². The maximum absolute atomic E-state index is 10.7. The lowest BCUT2D eigenvalue weighted by atomic mass is 9.96. The summed E-state index contributed by atoms with van der Waals surface area (Å²) < 4.78 is 5.60. The molecule has 0 amide bonds. The van der Waals surface area contributed by atoms with E-state index in [1.165, 1.54) is 0 Å². The SMILES string of the molecule is CN(CCCOc1ccc(C(=O)O)cc1)CC(C)(C)C. The summed E-state index contributed by atoms with van der Waals surface area (Å²) in [5.74, 6) is -0.200. The van der Waals surface area contributed by atoms with Gasteiger partial charge in [-0.25, -0.2) is 4.79 Å². The van der Waals surface area contributed by atoms with Gasteiger partial charge in [0.05, 0.1) is 12.2 Å². The molecule has 1 aromatic carbocycles. The van der Waals surface area contributed by atoms with Crippen LogP contribution in [0, 0.1) is 5.41 Å². The average molecular weight is 279 g/mol. The molecule has 0 fully saturated rings. The summed E-state index contributed by atoms with van der Waals surface area (Å²) in [5, 5.41) is 8.80. The molecule has 0 aliphatic heterocycles. The first-order valence-corrected chi connectivity index (χ1v) is 6.93.